The lowest BCUT2D eigenvalue weighted by molar-refractivity contribution is -0.142. The monoisotopic (exact) mass is 405 g/mol. The Morgan fingerprint density at radius 3 is 2.70 bits per heavy atom. The molecular weight excluding hydrogens is 378 g/mol. The quantitative estimate of drug-likeness (QED) is 0.628. The maximum Gasteiger partial charge on any atom is 0.318 e. The van der Waals surface area contributed by atoms with E-state index in [1.807, 2.05) is 17.0 Å². The highest BCUT2D eigenvalue weighted by atomic mass is 16.5. The molecule has 0 bridgehead atoms. The maximum absolute atomic E-state index is 13.1. The van der Waals surface area contributed by atoms with E-state index in [1.54, 1.807) is 6.92 Å². The van der Waals surface area contributed by atoms with Crippen molar-refractivity contribution in [1.82, 2.24) is 15.2 Å². The average molecular weight is 405 g/mol. The summed E-state index contributed by atoms with van der Waals surface area (Å²) in [4.78, 5) is 30.1. The van der Waals surface area contributed by atoms with Gasteiger partial charge in [0.1, 0.15) is 0 Å². The van der Waals surface area contributed by atoms with Gasteiger partial charge in [0.05, 0.1) is 19.1 Å². The molecule has 2 N–H and O–H groups in total. The number of aromatic nitrogens is 1. The summed E-state index contributed by atoms with van der Waals surface area (Å²) in [5.74, 6) is -0.301. The summed E-state index contributed by atoms with van der Waals surface area (Å²) in [6, 6.07) is 16.2. The van der Waals surface area contributed by atoms with Crippen molar-refractivity contribution in [2.24, 2.45) is 0 Å². The van der Waals surface area contributed by atoms with Crippen molar-refractivity contribution >= 4 is 22.9 Å². The van der Waals surface area contributed by atoms with Gasteiger partial charge in [-0.2, -0.15) is 0 Å². The standard InChI is InChI=1S/C24H27N3O3/c1-3-30-21(28)12-14-25-24(29)27-15-13-19-18-6-4-5-7-20(18)26-22(19)23(27)17-10-8-16(2)9-11-17/h4-11,23,26H,3,12-15H2,1-2H3,(H,25,29)/t23-/m0/s1. The molecule has 3 aromatic rings. The predicted molar refractivity (Wildman–Crippen MR) is 116 cm³/mol. The molecule has 0 fully saturated rings. The van der Waals surface area contributed by atoms with Crippen molar-refractivity contribution in [2.75, 3.05) is 19.7 Å². The van der Waals surface area contributed by atoms with Crippen molar-refractivity contribution in [3.8, 4) is 0 Å². The smallest absolute Gasteiger partial charge is 0.318 e. The molecule has 0 aliphatic carbocycles. The Balaban J connectivity index is 1.63. The van der Waals surface area contributed by atoms with Gasteiger partial charge in [-0.05, 0) is 37.5 Å². The van der Waals surface area contributed by atoms with Gasteiger partial charge >= 0.3 is 12.0 Å². The van der Waals surface area contributed by atoms with E-state index < -0.39 is 0 Å². The second-order valence-electron chi connectivity index (χ2n) is 7.61. The number of aromatic amines is 1. The minimum Gasteiger partial charge on any atom is -0.466 e. The largest absolute Gasteiger partial charge is 0.466 e. The lowest BCUT2D eigenvalue weighted by Gasteiger charge is -2.36. The van der Waals surface area contributed by atoms with Gasteiger partial charge in [0.15, 0.2) is 0 Å². The molecular formula is C24H27N3O3. The van der Waals surface area contributed by atoms with Gasteiger partial charge in [0.2, 0.25) is 0 Å². The van der Waals surface area contributed by atoms with Gasteiger partial charge in [-0.3, -0.25) is 4.79 Å². The van der Waals surface area contributed by atoms with Gasteiger partial charge in [0.25, 0.3) is 0 Å². The molecule has 0 saturated carbocycles. The topological polar surface area (TPSA) is 74.4 Å². The Labute approximate surface area is 176 Å². The van der Waals surface area contributed by atoms with Crippen molar-refractivity contribution < 1.29 is 14.3 Å². The fourth-order valence-corrected chi connectivity index (χ4v) is 4.16. The molecule has 2 aromatic carbocycles. The van der Waals surface area contributed by atoms with Gasteiger partial charge in [-0.1, -0.05) is 48.0 Å². The Bertz CT molecular complexity index is 1060. The summed E-state index contributed by atoms with van der Waals surface area (Å²) in [5, 5.41) is 4.10. The number of nitrogens with zero attached hydrogens (tertiary/aromatic N) is 1. The number of hydrogen-bond acceptors (Lipinski definition) is 3. The van der Waals surface area contributed by atoms with E-state index in [0.717, 1.165) is 23.2 Å². The fraction of sp³-hybridized carbons (Fsp3) is 0.333. The number of nitrogens with one attached hydrogen (secondary N) is 2. The average Bonchev–Trinajstić information content (AvgIpc) is 3.12. The van der Waals surface area contributed by atoms with Crippen LogP contribution in [0.2, 0.25) is 0 Å². The normalized spacial score (nSPS) is 15.7. The van der Waals surface area contributed by atoms with Crippen molar-refractivity contribution in [1.29, 1.82) is 0 Å². The van der Waals surface area contributed by atoms with E-state index in [4.69, 9.17) is 4.74 Å². The molecule has 1 atom stereocenters. The number of rotatable bonds is 5. The molecule has 0 unspecified atom stereocenters. The number of aryl methyl sites for hydroxylation is 1. The van der Waals surface area contributed by atoms with Gasteiger partial charge in [0, 0.05) is 29.7 Å². The summed E-state index contributed by atoms with van der Waals surface area (Å²) in [6.07, 6.45) is 0.952. The molecule has 0 radical (unpaired) electrons. The van der Waals surface area contributed by atoms with Crippen LogP contribution in [0.3, 0.4) is 0 Å². The lowest BCUT2D eigenvalue weighted by atomic mass is 9.92. The molecule has 1 aromatic heterocycles. The van der Waals surface area contributed by atoms with Gasteiger partial charge < -0.3 is 19.9 Å². The number of carbonyl (C=O) groups is 2. The van der Waals surface area contributed by atoms with Crippen LogP contribution in [0.5, 0.6) is 0 Å². The van der Waals surface area contributed by atoms with Crippen molar-refractivity contribution in [2.45, 2.75) is 32.7 Å². The van der Waals surface area contributed by atoms with E-state index in [0.29, 0.717) is 13.2 Å². The number of ether oxygens (including phenoxy) is 1. The molecule has 6 nitrogen and oxygen atoms in total. The van der Waals surface area contributed by atoms with Crippen LogP contribution < -0.4 is 5.32 Å². The van der Waals surface area contributed by atoms with E-state index in [2.05, 4.69) is 53.6 Å². The molecule has 156 valence electrons. The SMILES string of the molecule is CCOC(=O)CCNC(=O)N1CCc2c([nH]c3ccccc23)[C@@H]1c1ccc(C)cc1. The first-order valence-corrected chi connectivity index (χ1v) is 10.4. The number of para-hydroxylation sites is 1. The summed E-state index contributed by atoms with van der Waals surface area (Å²) in [5.41, 5.74) is 5.66. The molecule has 6 heteroatoms. The van der Waals surface area contributed by atoms with E-state index in [-0.39, 0.29) is 31.0 Å². The number of fused-ring (bicyclic) bond motifs is 3. The van der Waals surface area contributed by atoms with Gasteiger partial charge in [-0.15, -0.1) is 0 Å². The molecule has 1 aliphatic rings. The number of benzene rings is 2. The van der Waals surface area contributed by atoms with Crippen LogP contribution in [-0.2, 0) is 16.0 Å². The number of hydrogen-bond donors (Lipinski definition) is 2. The number of amides is 2. The summed E-state index contributed by atoms with van der Waals surface area (Å²) >= 11 is 0. The van der Waals surface area contributed by atoms with Crippen molar-refractivity contribution in [3.05, 3.63) is 70.9 Å². The van der Waals surface area contributed by atoms with Crippen LogP contribution in [0.25, 0.3) is 10.9 Å². The molecule has 2 heterocycles. The number of carbonyl (C=O) groups excluding carboxylic acids is 2. The van der Waals surface area contributed by atoms with Crippen molar-refractivity contribution in [3.63, 3.8) is 0 Å². The van der Waals surface area contributed by atoms with E-state index in [1.165, 1.54) is 16.5 Å². The molecule has 0 spiro atoms. The highest BCUT2D eigenvalue weighted by Crippen LogP contribution is 2.38. The van der Waals surface area contributed by atoms with Crippen LogP contribution in [0.1, 0.15) is 41.8 Å². The summed E-state index contributed by atoms with van der Waals surface area (Å²) < 4.78 is 4.94. The Kier molecular flexibility index (Phi) is 5.74. The molecule has 1 aliphatic heterocycles. The van der Waals surface area contributed by atoms with Crippen LogP contribution in [0, 0.1) is 6.92 Å². The molecule has 2 amide bonds. The Morgan fingerprint density at radius 2 is 1.93 bits per heavy atom. The highest BCUT2D eigenvalue weighted by molar-refractivity contribution is 5.86. The molecule has 0 saturated heterocycles. The zero-order chi connectivity index (χ0) is 21.1. The van der Waals surface area contributed by atoms with Crippen LogP contribution >= 0.6 is 0 Å². The molecule has 4 rings (SSSR count). The second-order valence-corrected chi connectivity index (χ2v) is 7.61. The first kappa shape index (κ1) is 20.0. The third-order valence-corrected chi connectivity index (χ3v) is 5.60. The zero-order valence-corrected chi connectivity index (χ0v) is 17.4. The number of H-pyrrole nitrogens is 1. The predicted octanol–water partition coefficient (Wildman–Crippen LogP) is 4.09. The first-order chi connectivity index (χ1) is 14.6. The second kappa shape index (κ2) is 8.61. The summed E-state index contributed by atoms with van der Waals surface area (Å²) in [7, 11) is 0. The minimum atomic E-state index is -0.301. The number of urea groups is 1. The van der Waals surface area contributed by atoms with Crippen LogP contribution in [-0.4, -0.2) is 41.6 Å². The first-order valence-electron chi connectivity index (χ1n) is 10.4. The van der Waals surface area contributed by atoms with Crippen LogP contribution in [0.15, 0.2) is 48.5 Å². The maximum atomic E-state index is 13.1. The third-order valence-electron chi connectivity index (χ3n) is 5.60. The van der Waals surface area contributed by atoms with Gasteiger partial charge in [-0.25, -0.2) is 4.79 Å². The molecule has 30 heavy (non-hydrogen) atoms. The lowest BCUT2D eigenvalue weighted by Crippen LogP contribution is -2.46. The fourth-order valence-electron chi connectivity index (χ4n) is 4.16. The Morgan fingerprint density at radius 1 is 1.17 bits per heavy atom. The third kappa shape index (κ3) is 3.90. The minimum absolute atomic E-state index is 0.167. The van der Waals surface area contributed by atoms with E-state index in [9.17, 15) is 9.59 Å². The Hall–Kier alpha value is -3.28. The summed E-state index contributed by atoms with van der Waals surface area (Å²) in [6.45, 7) is 5.04. The zero-order valence-electron chi connectivity index (χ0n) is 17.4. The van der Waals surface area contributed by atoms with Crippen LogP contribution in [0.4, 0.5) is 4.79 Å². The highest BCUT2D eigenvalue weighted by Gasteiger charge is 2.34. The number of esters is 1. The van der Waals surface area contributed by atoms with E-state index >= 15 is 0 Å².